The molecule has 1 saturated carbocycles. The molecule has 1 aliphatic rings. The molecule has 0 aliphatic heterocycles. The fourth-order valence-electron chi connectivity index (χ4n) is 3.46. The highest BCUT2D eigenvalue weighted by Crippen LogP contribution is 2.38. The van der Waals surface area contributed by atoms with Crippen LogP contribution >= 0.6 is 0 Å². The molecular formula is C17H28FN3. The lowest BCUT2D eigenvalue weighted by Crippen LogP contribution is -2.57. The topological polar surface area (TPSA) is 32.5 Å². The standard InChI is InChI=1S/C17H28FN3/c1-13-10-14(18)6-7-15(13)16(11-19)21(4)12-17(20(2)3)8-5-9-17/h6-7,10,16H,5,8-9,11-12,19H2,1-4H3. The number of aryl methyl sites for hydroxylation is 1. The Balaban J connectivity index is 2.17. The molecule has 1 fully saturated rings. The van der Waals surface area contributed by atoms with Gasteiger partial charge in [-0.1, -0.05) is 6.07 Å². The van der Waals surface area contributed by atoms with Gasteiger partial charge < -0.3 is 10.6 Å². The Hall–Kier alpha value is -0.970. The van der Waals surface area contributed by atoms with Crippen LogP contribution in [0.1, 0.15) is 36.4 Å². The maximum absolute atomic E-state index is 13.3. The zero-order valence-electron chi connectivity index (χ0n) is 13.7. The van der Waals surface area contributed by atoms with Gasteiger partial charge in [-0.15, -0.1) is 0 Å². The lowest BCUT2D eigenvalue weighted by Gasteiger charge is -2.50. The SMILES string of the molecule is Cc1cc(F)ccc1C(CN)N(C)CC1(N(C)C)CCC1. The molecule has 1 aliphatic carbocycles. The van der Waals surface area contributed by atoms with Crippen molar-refractivity contribution < 1.29 is 4.39 Å². The van der Waals surface area contributed by atoms with E-state index in [4.69, 9.17) is 5.73 Å². The Labute approximate surface area is 127 Å². The summed E-state index contributed by atoms with van der Waals surface area (Å²) in [6.45, 7) is 3.51. The second kappa shape index (κ2) is 6.42. The quantitative estimate of drug-likeness (QED) is 0.875. The molecule has 0 heterocycles. The molecule has 1 unspecified atom stereocenters. The molecule has 0 radical (unpaired) electrons. The van der Waals surface area contributed by atoms with Crippen LogP contribution in [0.15, 0.2) is 18.2 Å². The van der Waals surface area contributed by atoms with Crippen LogP contribution < -0.4 is 5.73 Å². The van der Waals surface area contributed by atoms with Crippen molar-refractivity contribution >= 4 is 0 Å². The molecule has 2 rings (SSSR count). The molecule has 118 valence electrons. The van der Waals surface area contributed by atoms with Gasteiger partial charge in [0, 0.05) is 24.7 Å². The van der Waals surface area contributed by atoms with Crippen molar-refractivity contribution in [3.05, 3.63) is 35.1 Å². The van der Waals surface area contributed by atoms with Gasteiger partial charge in [-0.2, -0.15) is 0 Å². The third-order valence-electron chi connectivity index (χ3n) is 5.12. The molecule has 0 amide bonds. The Kier molecular flexibility index (Phi) is 5.02. The van der Waals surface area contributed by atoms with Crippen LogP contribution in [0.3, 0.4) is 0 Å². The van der Waals surface area contributed by atoms with E-state index >= 15 is 0 Å². The number of nitrogens with two attached hydrogens (primary N) is 1. The summed E-state index contributed by atoms with van der Waals surface area (Å²) < 4.78 is 13.3. The van der Waals surface area contributed by atoms with Gasteiger partial charge in [0.1, 0.15) is 5.82 Å². The number of likely N-dealkylation sites (N-methyl/N-ethyl adjacent to an activating group) is 2. The molecule has 0 saturated heterocycles. The predicted octanol–water partition coefficient (Wildman–Crippen LogP) is 2.55. The molecule has 0 bridgehead atoms. The van der Waals surface area contributed by atoms with Crippen molar-refractivity contribution in [3.8, 4) is 0 Å². The van der Waals surface area contributed by atoms with Crippen LogP contribution in [0.2, 0.25) is 0 Å². The van der Waals surface area contributed by atoms with Gasteiger partial charge in [0.2, 0.25) is 0 Å². The Morgan fingerprint density at radius 2 is 1.95 bits per heavy atom. The Morgan fingerprint density at radius 3 is 2.38 bits per heavy atom. The Morgan fingerprint density at radius 1 is 1.29 bits per heavy atom. The van der Waals surface area contributed by atoms with Crippen molar-refractivity contribution in [2.45, 2.75) is 37.8 Å². The average Bonchev–Trinajstić information content (AvgIpc) is 2.36. The van der Waals surface area contributed by atoms with E-state index in [1.165, 1.54) is 25.3 Å². The van der Waals surface area contributed by atoms with E-state index in [0.29, 0.717) is 6.54 Å². The maximum Gasteiger partial charge on any atom is 0.123 e. The van der Waals surface area contributed by atoms with Gasteiger partial charge in [-0.05, 0) is 70.6 Å². The van der Waals surface area contributed by atoms with Gasteiger partial charge in [0.15, 0.2) is 0 Å². The highest BCUT2D eigenvalue weighted by atomic mass is 19.1. The normalized spacial score (nSPS) is 18.9. The second-order valence-corrected chi connectivity index (χ2v) is 6.64. The van der Waals surface area contributed by atoms with Crippen LogP contribution in [0.5, 0.6) is 0 Å². The molecule has 2 N–H and O–H groups in total. The van der Waals surface area contributed by atoms with Crippen molar-refractivity contribution in [1.82, 2.24) is 9.80 Å². The molecule has 4 heteroatoms. The van der Waals surface area contributed by atoms with Gasteiger partial charge in [-0.3, -0.25) is 4.90 Å². The molecule has 1 atom stereocenters. The van der Waals surface area contributed by atoms with Crippen LogP contribution in [0.4, 0.5) is 4.39 Å². The van der Waals surface area contributed by atoms with E-state index in [1.54, 1.807) is 6.07 Å². The largest absolute Gasteiger partial charge is 0.329 e. The van der Waals surface area contributed by atoms with E-state index in [-0.39, 0.29) is 17.4 Å². The summed E-state index contributed by atoms with van der Waals surface area (Å²) in [7, 11) is 6.45. The van der Waals surface area contributed by atoms with Gasteiger partial charge in [-0.25, -0.2) is 4.39 Å². The first-order valence-corrected chi connectivity index (χ1v) is 7.73. The van der Waals surface area contributed by atoms with Crippen LogP contribution in [-0.2, 0) is 0 Å². The highest BCUT2D eigenvalue weighted by Gasteiger charge is 2.40. The summed E-state index contributed by atoms with van der Waals surface area (Å²) in [5.74, 6) is -0.182. The minimum Gasteiger partial charge on any atom is -0.329 e. The third kappa shape index (κ3) is 3.28. The van der Waals surface area contributed by atoms with Crippen LogP contribution in [-0.4, -0.2) is 49.6 Å². The minimum atomic E-state index is -0.182. The minimum absolute atomic E-state index is 0.142. The number of halogens is 1. The maximum atomic E-state index is 13.3. The summed E-state index contributed by atoms with van der Waals surface area (Å²) in [6, 6.07) is 5.14. The van der Waals surface area contributed by atoms with Crippen LogP contribution in [0, 0.1) is 12.7 Å². The van der Waals surface area contributed by atoms with Crippen molar-refractivity contribution in [2.75, 3.05) is 34.2 Å². The predicted molar refractivity (Wildman–Crippen MR) is 85.8 cm³/mol. The van der Waals surface area contributed by atoms with Gasteiger partial charge in [0.05, 0.1) is 0 Å². The monoisotopic (exact) mass is 293 g/mol. The molecule has 0 spiro atoms. The highest BCUT2D eigenvalue weighted by molar-refractivity contribution is 5.30. The summed E-state index contributed by atoms with van der Waals surface area (Å²) >= 11 is 0. The number of hydrogen-bond acceptors (Lipinski definition) is 3. The molecule has 3 nitrogen and oxygen atoms in total. The second-order valence-electron chi connectivity index (χ2n) is 6.64. The molecule has 0 aromatic heterocycles. The van der Waals surface area contributed by atoms with Gasteiger partial charge >= 0.3 is 0 Å². The number of rotatable bonds is 6. The first-order valence-electron chi connectivity index (χ1n) is 7.73. The lowest BCUT2D eigenvalue weighted by atomic mass is 9.75. The fourth-order valence-corrected chi connectivity index (χ4v) is 3.46. The summed E-state index contributed by atoms with van der Waals surface area (Å²) in [5.41, 5.74) is 8.40. The Bertz CT molecular complexity index is 483. The van der Waals surface area contributed by atoms with Crippen molar-refractivity contribution in [1.29, 1.82) is 0 Å². The molecule has 1 aromatic carbocycles. The number of nitrogens with zero attached hydrogens (tertiary/aromatic N) is 2. The number of hydrogen-bond donors (Lipinski definition) is 1. The van der Waals surface area contributed by atoms with E-state index in [2.05, 4.69) is 30.9 Å². The summed E-state index contributed by atoms with van der Waals surface area (Å²) in [5, 5.41) is 0. The molecule has 21 heavy (non-hydrogen) atoms. The van der Waals surface area contributed by atoms with Crippen molar-refractivity contribution in [3.63, 3.8) is 0 Å². The van der Waals surface area contributed by atoms with E-state index < -0.39 is 0 Å². The van der Waals surface area contributed by atoms with E-state index in [9.17, 15) is 4.39 Å². The zero-order valence-corrected chi connectivity index (χ0v) is 13.7. The summed E-state index contributed by atoms with van der Waals surface area (Å²) in [4.78, 5) is 4.68. The number of benzene rings is 1. The first-order chi connectivity index (χ1) is 9.89. The average molecular weight is 293 g/mol. The van der Waals surface area contributed by atoms with E-state index in [0.717, 1.165) is 17.7 Å². The zero-order chi connectivity index (χ0) is 15.6. The molecule has 1 aromatic rings. The van der Waals surface area contributed by atoms with E-state index in [1.807, 2.05) is 13.0 Å². The first kappa shape index (κ1) is 16.4. The smallest absolute Gasteiger partial charge is 0.123 e. The van der Waals surface area contributed by atoms with Gasteiger partial charge in [0.25, 0.3) is 0 Å². The van der Waals surface area contributed by atoms with Crippen LogP contribution in [0.25, 0.3) is 0 Å². The van der Waals surface area contributed by atoms with Crippen molar-refractivity contribution in [2.24, 2.45) is 5.73 Å². The lowest BCUT2D eigenvalue weighted by molar-refractivity contribution is 0.0167. The fraction of sp³-hybridized carbons (Fsp3) is 0.647. The molecular weight excluding hydrogens is 265 g/mol. The summed E-state index contributed by atoms with van der Waals surface area (Å²) in [6.07, 6.45) is 3.78. The third-order valence-corrected chi connectivity index (χ3v) is 5.12.